The highest BCUT2D eigenvalue weighted by molar-refractivity contribution is 5.89. The van der Waals surface area contributed by atoms with Gasteiger partial charge in [0.2, 0.25) is 5.91 Å². The summed E-state index contributed by atoms with van der Waals surface area (Å²) < 4.78 is 5.13. The van der Waals surface area contributed by atoms with Gasteiger partial charge in [0.25, 0.3) is 0 Å². The van der Waals surface area contributed by atoms with Crippen molar-refractivity contribution >= 4 is 18.0 Å². The SMILES string of the molecule is CCCC[C@@H](NC(=O)[C@@H](CCC)NC(=O)OCc1ccccc1)C(=O)O. The summed E-state index contributed by atoms with van der Waals surface area (Å²) in [6, 6.07) is 7.42. The maximum absolute atomic E-state index is 12.4. The second-order valence-corrected chi connectivity index (χ2v) is 6.09. The van der Waals surface area contributed by atoms with Gasteiger partial charge in [-0.05, 0) is 18.4 Å². The molecule has 1 rings (SSSR count). The zero-order valence-corrected chi connectivity index (χ0v) is 15.4. The molecule has 0 aliphatic rings. The molecule has 7 heteroatoms. The summed E-state index contributed by atoms with van der Waals surface area (Å²) in [6.45, 7) is 3.93. The number of ether oxygens (including phenoxy) is 1. The molecule has 0 aliphatic heterocycles. The Morgan fingerprint density at radius 2 is 1.69 bits per heavy atom. The van der Waals surface area contributed by atoms with E-state index in [9.17, 15) is 19.5 Å². The van der Waals surface area contributed by atoms with Crippen molar-refractivity contribution in [1.82, 2.24) is 10.6 Å². The summed E-state index contributed by atoms with van der Waals surface area (Å²) in [5, 5.41) is 14.3. The van der Waals surface area contributed by atoms with Crippen LogP contribution in [0.5, 0.6) is 0 Å². The molecule has 3 N–H and O–H groups in total. The van der Waals surface area contributed by atoms with Crippen LogP contribution in [0.15, 0.2) is 30.3 Å². The molecule has 0 saturated heterocycles. The fourth-order valence-electron chi connectivity index (χ4n) is 2.40. The van der Waals surface area contributed by atoms with Crippen LogP contribution in [0, 0.1) is 0 Å². The molecule has 144 valence electrons. The predicted molar refractivity (Wildman–Crippen MR) is 97.6 cm³/mol. The van der Waals surface area contributed by atoms with E-state index < -0.39 is 30.1 Å². The van der Waals surface area contributed by atoms with Crippen molar-refractivity contribution in [2.75, 3.05) is 0 Å². The topological polar surface area (TPSA) is 105 Å². The van der Waals surface area contributed by atoms with Crippen LogP contribution < -0.4 is 10.6 Å². The van der Waals surface area contributed by atoms with E-state index >= 15 is 0 Å². The lowest BCUT2D eigenvalue weighted by atomic mass is 10.1. The summed E-state index contributed by atoms with van der Waals surface area (Å²) in [4.78, 5) is 35.6. The second kappa shape index (κ2) is 11.9. The van der Waals surface area contributed by atoms with Gasteiger partial charge in [0, 0.05) is 0 Å². The zero-order chi connectivity index (χ0) is 19.4. The maximum atomic E-state index is 12.4. The van der Waals surface area contributed by atoms with Crippen LogP contribution in [-0.4, -0.2) is 35.2 Å². The number of carbonyl (C=O) groups excluding carboxylic acids is 2. The van der Waals surface area contributed by atoms with Gasteiger partial charge in [0.15, 0.2) is 0 Å². The fourth-order valence-corrected chi connectivity index (χ4v) is 2.40. The largest absolute Gasteiger partial charge is 0.480 e. The minimum absolute atomic E-state index is 0.0986. The molecule has 0 heterocycles. The third-order valence-corrected chi connectivity index (χ3v) is 3.86. The molecule has 2 amide bonds. The maximum Gasteiger partial charge on any atom is 0.408 e. The number of hydrogen-bond donors (Lipinski definition) is 3. The van der Waals surface area contributed by atoms with Crippen molar-refractivity contribution in [3.63, 3.8) is 0 Å². The Morgan fingerprint density at radius 3 is 2.27 bits per heavy atom. The van der Waals surface area contributed by atoms with E-state index in [1.165, 1.54) is 0 Å². The molecule has 0 saturated carbocycles. The second-order valence-electron chi connectivity index (χ2n) is 6.09. The molecule has 1 aromatic rings. The molecular formula is C19H28N2O5. The Kier molecular flexibility index (Phi) is 9.82. The number of nitrogens with one attached hydrogen (secondary N) is 2. The fraction of sp³-hybridized carbons (Fsp3) is 0.526. The van der Waals surface area contributed by atoms with Gasteiger partial charge in [0.1, 0.15) is 18.7 Å². The van der Waals surface area contributed by atoms with E-state index in [-0.39, 0.29) is 6.61 Å². The summed E-state index contributed by atoms with van der Waals surface area (Å²) in [6.07, 6.45) is 2.23. The summed E-state index contributed by atoms with van der Waals surface area (Å²) >= 11 is 0. The smallest absolute Gasteiger partial charge is 0.408 e. The van der Waals surface area contributed by atoms with Gasteiger partial charge < -0.3 is 20.5 Å². The monoisotopic (exact) mass is 364 g/mol. The van der Waals surface area contributed by atoms with Crippen LogP contribution >= 0.6 is 0 Å². The molecule has 0 bridgehead atoms. The summed E-state index contributed by atoms with van der Waals surface area (Å²) in [5.74, 6) is -1.58. The number of hydrogen-bond acceptors (Lipinski definition) is 4. The number of aliphatic carboxylic acids is 1. The van der Waals surface area contributed by atoms with Gasteiger partial charge in [-0.2, -0.15) is 0 Å². The first-order chi connectivity index (χ1) is 12.5. The van der Waals surface area contributed by atoms with Crippen LogP contribution in [0.3, 0.4) is 0 Å². The molecule has 0 aromatic heterocycles. The van der Waals surface area contributed by atoms with Gasteiger partial charge in [-0.25, -0.2) is 9.59 Å². The molecule has 0 spiro atoms. The summed E-state index contributed by atoms with van der Waals surface area (Å²) in [5.41, 5.74) is 0.838. The molecular weight excluding hydrogens is 336 g/mol. The van der Waals surface area contributed by atoms with Crippen LogP contribution in [0.4, 0.5) is 4.79 Å². The number of carboxylic acid groups (broad SMARTS) is 1. The first kappa shape index (κ1) is 21.5. The lowest BCUT2D eigenvalue weighted by Gasteiger charge is -2.21. The van der Waals surface area contributed by atoms with Gasteiger partial charge >= 0.3 is 12.1 Å². The minimum atomic E-state index is -1.08. The van der Waals surface area contributed by atoms with E-state index in [1.807, 2.05) is 44.2 Å². The third-order valence-electron chi connectivity index (χ3n) is 3.86. The molecule has 0 unspecified atom stereocenters. The van der Waals surface area contributed by atoms with E-state index in [4.69, 9.17) is 4.74 Å². The van der Waals surface area contributed by atoms with Crippen LogP contribution in [0.2, 0.25) is 0 Å². The van der Waals surface area contributed by atoms with Gasteiger partial charge in [-0.3, -0.25) is 4.79 Å². The molecule has 2 atom stereocenters. The lowest BCUT2D eigenvalue weighted by molar-refractivity contribution is -0.142. The Bertz CT molecular complexity index is 577. The molecule has 1 aromatic carbocycles. The number of amides is 2. The molecule has 0 aliphatic carbocycles. The van der Waals surface area contributed by atoms with Crippen LogP contribution in [0.1, 0.15) is 51.5 Å². The van der Waals surface area contributed by atoms with E-state index in [0.717, 1.165) is 12.0 Å². The molecule has 0 fully saturated rings. The highest BCUT2D eigenvalue weighted by atomic mass is 16.5. The van der Waals surface area contributed by atoms with Crippen molar-refractivity contribution in [3.8, 4) is 0 Å². The summed E-state index contributed by atoms with van der Waals surface area (Å²) in [7, 11) is 0. The van der Waals surface area contributed by atoms with E-state index in [2.05, 4.69) is 10.6 Å². The quantitative estimate of drug-likeness (QED) is 0.560. The Labute approximate surface area is 154 Å². The Balaban J connectivity index is 2.57. The predicted octanol–water partition coefficient (Wildman–Crippen LogP) is 2.84. The van der Waals surface area contributed by atoms with Gasteiger partial charge in [0.05, 0.1) is 0 Å². The number of rotatable bonds is 11. The van der Waals surface area contributed by atoms with Crippen molar-refractivity contribution in [2.24, 2.45) is 0 Å². The highest BCUT2D eigenvalue weighted by Crippen LogP contribution is 2.05. The number of carbonyl (C=O) groups is 3. The first-order valence-electron chi connectivity index (χ1n) is 8.98. The van der Waals surface area contributed by atoms with Crippen LogP contribution in [-0.2, 0) is 20.9 Å². The Hall–Kier alpha value is -2.57. The molecule has 7 nitrogen and oxygen atoms in total. The van der Waals surface area contributed by atoms with Gasteiger partial charge in [-0.1, -0.05) is 63.4 Å². The third kappa shape index (κ3) is 8.00. The highest BCUT2D eigenvalue weighted by Gasteiger charge is 2.26. The number of unbranched alkanes of at least 4 members (excludes halogenated alkanes) is 1. The molecule has 26 heavy (non-hydrogen) atoms. The molecule has 0 radical (unpaired) electrons. The average Bonchev–Trinajstić information content (AvgIpc) is 2.63. The number of carboxylic acids is 1. The van der Waals surface area contributed by atoms with Crippen LogP contribution in [0.25, 0.3) is 0 Å². The zero-order valence-electron chi connectivity index (χ0n) is 15.4. The Morgan fingerprint density at radius 1 is 1.00 bits per heavy atom. The van der Waals surface area contributed by atoms with Crippen molar-refractivity contribution < 1.29 is 24.2 Å². The standard InChI is InChI=1S/C19H28N2O5/c1-3-5-12-16(18(23)24)20-17(22)15(9-4-2)21-19(25)26-13-14-10-7-6-8-11-14/h6-8,10-11,15-16H,3-5,9,12-13H2,1-2H3,(H,20,22)(H,21,25)(H,23,24)/t15-,16-/m1/s1. The van der Waals surface area contributed by atoms with Gasteiger partial charge in [-0.15, -0.1) is 0 Å². The van der Waals surface area contributed by atoms with Crippen molar-refractivity contribution in [1.29, 1.82) is 0 Å². The lowest BCUT2D eigenvalue weighted by Crippen LogP contribution is -2.51. The normalized spacial score (nSPS) is 12.7. The van der Waals surface area contributed by atoms with E-state index in [0.29, 0.717) is 25.7 Å². The number of alkyl carbamates (subject to hydrolysis) is 1. The van der Waals surface area contributed by atoms with Crippen molar-refractivity contribution in [3.05, 3.63) is 35.9 Å². The first-order valence-corrected chi connectivity index (χ1v) is 8.98. The number of benzene rings is 1. The minimum Gasteiger partial charge on any atom is -0.480 e. The van der Waals surface area contributed by atoms with Crippen molar-refractivity contribution in [2.45, 2.75) is 64.6 Å². The van der Waals surface area contributed by atoms with E-state index in [1.54, 1.807) is 0 Å². The average molecular weight is 364 g/mol.